The Hall–Kier alpha value is -1.36. The van der Waals surface area contributed by atoms with Crippen molar-refractivity contribution in [2.75, 3.05) is 13.6 Å². The highest BCUT2D eigenvalue weighted by Gasteiger charge is 2.10. The molecule has 0 fully saturated rings. The number of guanidine groups is 1. The standard InChI is InChI=1S/C18H23ClN4O2S.HI/c1-3-21-18(22-12-14-4-8-16(19)9-5-14)23-13-15-6-10-17(11-7-15)26(24,25)20-2;/h4-11,20H,3,12-13H2,1-2H3,(H2,21,22,23);1H. The normalized spacial score (nSPS) is 11.6. The summed E-state index contributed by atoms with van der Waals surface area (Å²) in [5.41, 5.74) is 2.02. The third kappa shape index (κ3) is 7.65. The summed E-state index contributed by atoms with van der Waals surface area (Å²) in [5, 5.41) is 7.13. The van der Waals surface area contributed by atoms with E-state index in [9.17, 15) is 8.42 Å². The second kappa shape index (κ2) is 11.5. The Morgan fingerprint density at radius 2 is 1.59 bits per heavy atom. The molecule has 0 amide bonds. The first-order valence-corrected chi connectivity index (χ1v) is 10.1. The average molecular weight is 523 g/mol. The molecule has 2 aromatic carbocycles. The van der Waals surface area contributed by atoms with Crippen LogP contribution in [0.3, 0.4) is 0 Å². The van der Waals surface area contributed by atoms with Crippen LogP contribution >= 0.6 is 35.6 Å². The van der Waals surface area contributed by atoms with Crippen molar-refractivity contribution in [1.29, 1.82) is 0 Å². The minimum absolute atomic E-state index is 0. The van der Waals surface area contributed by atoms with Gasteiger partial charge < -0.3 is 10.6 Å². The fraction of sp³-hybridized carbons (Fsp3) is 0.278. The summed E-state index contributed by atoms with van der Waals surface area (Å²) in [4.78, 5) is 4.79. The number of hydrogen-bond donors (Lipinski definition) is 3. The van der Waals surface area contributed by atoms with E-state index in [0.29, 0.717) is 24.1 Å². The van der Waals surface area contributed by atoms with Gasteiger partial charge in [0.05, 0.1) is 11.4 Å². The lowest BCUT2D eigenvalue weighted by atomic mass is 10.2. The zero-order valence-electron chi connectivity index (χ0n) is 15.2. The Balaban J connectivity index is 0.00000364. The van der Waals surface area contributed by atoms with Gasteiger partial charge in [0, 0.05) is 18.1 Å². The highest BCUT2D eigenvalue weighted by molar-refractivity contribution is 14.0. The van der Waals surface area contributed by atoms with Crippen molar-refractivity contribution in [3.8, 4) is 0 Å². The number of halogens is 2. The van der Waals surface area contributed by atoms with E-state index in [1.807, 2.05) is 31.2 Å². The monoisotopic (exact) mass is 522 g/mol. The zero-order valence-corrected chi connectivity index (χ0v) is 19.1. The molecule has 0 atom stereocenters. The Morgan fingerprint density at radius 1 is 1.00 bits per heavy atom. The lowest BCUT2D eigenvalue weighted by Gasteiger charge is -2.12. The van der Waals surface area contributed by atoms with Crippen molar-refractivity contribution < 1.29 is 8.42 Å². The van der Waals surface area contributed by atoms with Gasteiger partial charge in [-0.25, -0.2) is 18.1 Å². The van der Waals surface area contributed by atoms with Crippen LogP contribution in [-0.2, 0) is 23.1 Å². The number of sulfonamides is 1. The lowest BCUT2D eigenvalue weighted by Crippen LogP contribution is -2.36. The molecule has 2 rings (SSSR count). The van der Waals surface area contributed by atoms with Gasteiger partial charge in [-0.05, 0) is 49.4 Å². The lowest BCUT2D eigenvalue weighted by molar-refractivity contribution is 0.588. The van der Waals surface area contributed by atoms with E-state index in [1.54, 1.807) is 24.3 Å². The highest BCUT2D eigenvalue weighted by Crippen LogP contribution is 2.11. The van der Waals surface area contributed by atoms with Gasteiger partial charge >= 0.3 is 0 Å². The van der Waals surface area contributed by atoms with Gasteiger partial charge in [0.2, 0.25) is 10.0 Å². The number of rotatable bonds is 7. The topological polar surface area (TPSA) is 82.6 Å². The van der Waals surface area contributed by atoms with Crippen molar-refractivity contribution in [2.45, 2.75) is 24.9 Å². The predicted molar refractivity (Wildman–Crippen MR) is 121 cm³/mol. The number of benzene rings is 2. The maximum Gasteiger partial charge on any atom is 0.240 e. The van der Waals surface area contributed by atoms with Crippen LogP contribution < -0.4 is 15.4 Å². The largest absolute Gasteiger partial charge is 0.357 e. The number of aliphatic imine (C=N–C) groups is 1. The molecular formula is C18H24ClIN4O2S. The summed E-state index contributed by atoms with van der Waals surface area (Å²) < 4.78 is 25.8. The molecule has 2 aromatic rings. The maximum absolute atomic E-state index is 11.7. The van der Waals surface area contributed by atoms with E-state index in [-0.39, 0.29) is 28.9 Å². The predicted octanol–water partition coefficient (Wildman–Crippen LogP) is 3.12. The number of nitrogens with zero attached hydrogens (tertiary/aromatic N) is 1. The molecule has 148 valence electrons. The van der Waals surface area contributed by atoms with Crippen LogP contribution in [0.25, 0.3) is 0 Å². The third-order valence-corrected chi connectivity index (χ3v) is 5.32. The molecular weight excluding hydrogens is 499 g/mol. The molecule has 27 heavy (non-hydrogen) atoms. The second-order valence-electron chi connectivity index (χ2n) is 5.53. The average Bonchev–Trinajstić information content (AvgIpc) is 2.65. The van der Waals surface area contributed by atoms with Gasteiger partial charge in [-0.2, -0.15) is 0 Å². The molecule has 0 saturated carbocycles. The van der Waals surface area contributed by atoms with Gasteiger partial charge in [-0.3, -0.25) is 0 Å². The summed E-state index contributed by atoms with van der Waals surface area (Å²) in [6, 6.07) is 14.3. The third-order valence-electron chi connectivity index (χ3n) is 3.64. The van der Waals surface area contributed by atoms with E-state index in [4.69, 9.17) is 11.6 Å². The summed E-state index contributed by atoms with van der Waals surface area (Å²) in [7, 11) is -2.02. The van der Waals surface area contributed by atoms with Crippen LogP contribution in [0, 0.1) is 0 Å². The van der Waals surface area contributed by atoms with Crippen molar-refractivity contribution >= 4 is 51.6 Å². The van der Waals surface area contributed by atoms with Crippen LogP contribution in [0.5, 0.6) is 0 Å². The molecule has 0 aliphatic rings. The molecule has 0 aromatic heterocycles. The first-order valence-electron chi connectivity index (χ1n) is 8.23. The SMILES string of the molecule is CCNC(=NCc1ccc(Cl)cc1)NCc1ccc(S(=O)(=O)NC)cc1.I. The van der Waals surface area contributed by atoms with Crippen LogP contribution in [0.15, 0.2) is 58.4 Å². The second-order valence-corrected chi connectivity index (χ2v) is 7.85. The van der Waals surface area contributed by atoms with Crippen LogP contribution in [-0.4, -0.2) is 28.0 Å². The molecule has 0 bridgehead atoms. The van der Waals surface area contributed by atoms with Gasteiger partial charge in [0.15, 0.2) is 5.96 Å². The first-order chi connectivity index (χ1) is 12.4. The zero-order chi connectivity index (χ0) is 19.0. The van der Waals surface area contributed by atoms with Crippen molar-refractivity contribution in [2.24, 2.45) is 4.99 Å². The van der Waals surface area contributed by atoms with Gasteiger partial charge in [0.25, 0.3) is 0 Å². The number of hydrogen-bond acceptors (Lipinski definition) is 3. The summed E-state index contributed by atoms with van der Waals surface area (Å²) in [5.74, 6) is 0.689. The fourth-order valence-corrected chi connectivity index (χ4v) is 3.05. The molecule has 6 nitrogen and oxygen atoms in total. The molecule has 0 radical (unpaired) electrons. The summed E-state index contributed by atoms with van der Waals surface area (Å²) in [6.07, 6.45) is 0. The van der Waals surface area contributed by atoms with E-state index < -0.39 is 10.0 Å². The quantitative estimate of drug-likeness (QED) is 0.296. The molecule has 0 aliphatic carbocycles. The van der Waals surface area contributed by atoms with Crippen LogP contribution in [0.2, 0.25) is 5.02 Å². The maximum atomic E-state index is 11.7. The summed E-state index contributed by atoms with van der Waals surface area (Å²) in [6.45, 7) is 3.81. The summed E-state index contributed by atoms with van der Waals surface area (Å²) >= 11 is 5.89. The molecule has 0 unspecified atom stereocenters. The Morgan fingerprint density at radius 3 is 2.15 bits per heavy atom. The van der Waals surface area contributed by atoms with Crippen LogP contribution in [0.4, 0.5) is 0 Å². The fourth-order valence-electron chi connectivity index (χ4n) is 2.19. The minimum Gasteiger partial charge on any atom is -0.357 e. The molecule has 0 heterocycles. The highest BCUT2D eigenvalue weighted by atomic mass is 127. The first kappa shape index (κ1) is 23.7. The molecule has 0 aliphatic heterocycles. The van der Waals surface area contributed by atoms with Gasteiger partial charge in [-0.15, -0.1) is 24.0 Å². The molecule has 0 saturated heterocycles. The minimum atomic E-state index is -3.41. The number of nitrogens with one attached hydrogen (secondary N) is 3. The van der Waals surface area contributed by atoms with E-state index >= 15 is 0 Å². The molecule has 0 spiro atoms. The smallest absolute Gasteiger partial charge is 0.240 e. The van der Waals surface area contributed by atoms with Crippen molar-refractivity contribution in [1.82, 2.24) is 15.4 Å². The van der Waals surface area contributed by atoms with Crippen molar-refractivity contribution in [3.05, 3.63) is 64.7 Å². The van der Waals surface area contributed by atoms with E-state index in [1.165, 1.54) is 7.05 Å². The molecule has 3 N–H and O–H groups in total. The molecule has 9 heteroatoms. The van der Waals surface area contributed by atoms with Gasteiger partial charge in [0.1, 0.15) is 0 Å². The Labute approximate surface area is 182 Å². The van der Waals surface area contributed by atoms with Crippen LogP contribution in [0.1, 0.15) is 18.1 Å². The van der Waals surface area contributed by atoms with E-state index in [0.717, 1.165) is 17.7 Å². The Kier molecular flexibility index (Phi) is 10.1. The van der Waals surface area contributed by atoms with E-state index in [2.05, 4.69) is 20.3 Å². The van der Waals surface area contributed by atoms with Crippen molar-refractivity contribution in [3.63, 3.8) is 0 Å². The Bertz CT molecular complexity index is 841. The van der Waals surface area contributed by atoms with Gasteiger partial charge in [-0.1, -0.05) is 35.9 Å².